The molecule has 96 valence electrons. The van der Waals surface area contributed by atoms with Crippen LogP contribution in [0.2, 0.25) is 0 Å². The average Bonchev–Trinajstić information content (AvgIpc) is 3.05. The lowest BCUT2D eigenvalue weighted by molar-refractivity contribution is 0.0963. The van der Waals surface area contributed by atoms with Gasteiger partial charge >= 0.3 is 0 Å². The summed E-state index contributed by atoms with van der Waals surface area (Å²) in [7, 11) is 3.55. The summed E-state index contributed by atoms with van der Waals surface area (Å²) in [5.74, 6) is 0.704. The van der Waals surface area contributed by atoms with E-state index in [-0.39, 0.29) is 5.91 Å². The normalized spacial score (nSPS) is 10.8. The molecular weight excluding hydrogens is 242 g/mol. The minimum absolute atomic E-state index is 0.114. The lowest BCUT2D eigenvalue weighted by Crippen LogP contribution is -2.17. The number of hydrogen-bond donors (Lipinski definition) is 1. The molecule has 0 bridgehead atoms. The maximum Gasteiger partial charge on any atom is 0.251 e. The molecule has 2 heterocycles. The van der Waals surface area contributed by atoms with Crippen molar-refractivity contribution in [2.75, 3.05) is 7.05 Å². The first-order valence-electron chi connectivity index (χ1n) is 5.92. The molecule has 0 saturated heterocycles. The number of nitrogens with one attached hydrogen (secondary N) is 1. The molecular formula is C14H13N3O2. The number of furan rings is 1. The van der Waals surface area contributed by atoms with Gasteiger partial charge in [0, 0.05) is 19.7 Å². The first kappa shape index (κ1) is 11.5. The first-order chi connectivity index (χ1) is 9.20. The SMILES string of the molecule is CNC(=O)c1ccc2c(c1)nc(-c1ccoc1)n2C. The highest BCUT2D eigenvalue weighted by molar-refractivity contribution is 5.97. The average molecular weight is 255 g/mol. The Labute approximate surface area is 109 Å². The van der Waals surface area contributed by atoms with E-state index in [1.54, 1.807) is 31.7 Å². The van der Waals surface area contributed by atoms with Gasteiger partial charge in [-0.15, -0.1) is 0 Å². The van der Waals surface area contributed by atoms with Gasteiger partial charge in [0.25, 0.3) is 5.91 Å². The number of rotatable bonds is 2. The summed E-state index contributed by atoms with van der Waals surface area (Å²) in [6, 6.07) is 7.34. The van der Waals surface area contributed by atoms with E-state index in [2.05, 4.69) is 10.3 Å². The second-order valence-corrected chi connectivity index (χ2v) is 4.29. The van der Waals surface area contributed by atoms with Crippen molar-refractivity contribution in [3.63, 3.8) is 0 Å². The van der Waals surface area contributed by atoms with Crippen molar-refractivity contribution in [1.82, 2.24) is 14.9 Å². The van der Waals surface area contributed by atoms with Crippen LogP contribution < -0.4 is 5.32 Å². The zero-order valence-electron chi connectivity index (χ0n) is 10.7. The van der Waals surface area contributed by atoms with E-state index in [9.17, 15) is 4.79 Å². The molecule has 5 heteroatoms. The Balaban J connectivity index is 2.18. The molecule has 1 N–H and O–H groups in total. The van der Waals surface area contributed by atoms with Gasteiger partial charge in [-0.2, -0.15) is 0 Å². The van der Waals surface area contributed by atoms with Gasteiger partial charge in [-0.05, 0) is 24.3 Å². The Bertz CT molecular complexity index is 741. The summed E-state index contributed by atoms with van der Waals surface area (Å²) < 4.78 is 7.06. The standard InChI is InChI=1S/C14H13N3O2/c1-15-14(18)9-3-4-12-11(7-9)16-13(17(12)2)10-5-6-19-8-10/h3-8H,1-2H3,(H,15,18). The van der Waals surface area contributed by atoms with Gasteiger partial charge in [0.2, 0.25) is 0 Å². The number of aromatic nitrogens is 2. The zero-order valence-corrected chi connectivity index (χ0v) is 10.7. The fraction of sp³-hybridized carbons (Fsp3) is 0.143. The van der Waals surface area contributed by atoms with Crippen molar-refractivity contribution in [1.29, 1.82) is 0 Å². The van der Waals surface area contributed by atoms with Gasteiger partial charge in [0.15, 0.2) is 0 Å². The number of nitrogens with zero attached hydrogens (tertiary/aromatic N) is 2. The van der Waals surface area contributed by atoms with Crippen LogP contribution in [0.1, 0.15) is 10.4 Å². The highest BCUT2D eigenvalue weighted by Crippen LogP contribution is 2.24. The molecule has 5 nitrogen and oxygen atoms in total. The molecule has 3 aromatic rings. The molecule has 1 amide bonds. The number of aryl methyl sites for hydroxylation is 1. The second kappa shape index (κ2) is 4.28. The number of benzene rings is 1. The van der Waals surface area contributed by atoms with E-state index in [1.165, 1.54) is 0 Å². The topological polar surface area (TPSA) is 60.1 Å². The lowest BCUT2D eigenvalue weighted by Gasteiger charge is -2.00. The molecule has 3 rings (SSSR count). The molecule has 0 radical (unpaired) electrons. The van der Waals surface area contributed by atoms with E-state index >= 15 is 0 Å². The number of imidazole rings is 1. The van der Waals surface area contributed by atoms with Crippen LogP contribution in [-0.4, -0.2) is 22.5 Å². The fourth-order valence-corrected chi connectivity index (χ4v) is 2.14. The van der Waals surface area contributed by atoms with Crippen LogP contribution in [0.5, 0.6) is 0 Å². The van der Waals surface area contributed by atoms with Crippen LogP contribution in [0.25, 0.3) is 22.4 Å². The number of amides is 1. The molecule has 0 atom stereocenters. The molecule has 1 aromatic carbocycles. The highest BCUT2D eigenvalue weighted by Gasteiger charge is 2.12. The molecule has 0 unspecified atom stereocenters. The van der Waals surface area contributed by atoms with Crippen molar-refractivity contribution in [2.45, 2.75) is 0 Å². The Morgan fingerprint density at radius 2 is 2.21 bits per heavy atom. The van der Waals surface area contributed by atoms with E-state index in [0.717, 1.165) is 22.4 Å². The zero-order chi connectivity index (χ0) is 13.4. The number of hydrogen-bond acceptors (Lipinski definition) is 3. The molecule has 0 saturated carbocycles. The largest absolute Gasteiger partial charge is 0.472 e. The third kappa shape index (κ3) is 1.79. The Hall–Kier alpha value is -2.56. The van der Waals surface area contributed by atoms with Crippen LogP contribution in [0.4, 0.5) is 0 Å². The van der Waals surface area contributed by atoms with E-state index in [1.807, 2.05) is 23.7 Å². The van der Waals surface area contributed by atoms with Crippen LogP contribution >= 0.6 is 0 Å². The monoisotopic (exact) mass is 255 g/mol. The lowest BCUT2D eigenvalue weighted by atomic mass is 10.2. The van der Waals surface area contributed by atoms with Gasteiger partial charge in [-0.3, -0.25) is 4.79 Å². The minimum atomic E-state index is -0.114. The molecule has 0 spiro atoms. The van der Waals surface area contributed by atoms with E-state index in [4.69, 9.17) is 4.42 Å². The smallest absolute Gasteiger partial charge is 0.251 e. The molecule has 0 fully saturated rings. The van der Waals surface area contributed by atoms with Gasteiger partial charge in [0.1, 0.15) is 12.1 Å². The van der Waals surface area contributed by atoms with Gasteiger partial charge in [-0.25, -0.2) is 4.98 Å². The second-order valence-electron chi connectivity index (χ2n) is 4.29. The van der Waals surface area contributed by atoms with Gasteiger partial charge in [-0.1, -0.05) is 0 Å². The third-order valence-electron chi connectivity index (χ3n) is 3.15. The van der Waals surface area contributed by atoms with Crippen LogP contribution in [0.3, 0.4) is 0 Å². The maximum absolute atomic E-state index is 11.6. The van der Waals surface area contributed by atoms with Gasteiger partial charge in [0.05, 0.1) is 22.9 Å². The first-order valence-corrected chi connectivity index (χ1v) is 5.92. The van der Waals surface area contributed by atoms with Crippen LogP contribution in [0.15, 0.2) is 41.2 Å². The number of carbonyl (C=O) groups is 1. The predicted molar refractivity (Wildman–Crippen MR) is 71.8 cm³/mol. The molecule has 0 aliphatic heterocycles. The fourth-order valence-electron chi connectivity index (χ4n) is 2.14. The van der Waals surface area contributed by atoms with Crippen molar-refractivity contribution < 1.29 is 9.21 Å². The molecule has 0 aliphatic carbocycles. The van der Waals surface area contributed by atoms with Gasteiger partial charge < -0.3 is 14.3 Å². The van der Waals surface area contributed by atoms with Crippen molar-refractivity contribution in [2.24, 2.45) is 7.05 Å². The summed E-state index contributed by atoms with van der Waals surface area (Å²) in [5, 5.41) is 2.61. The molecule has 0 aliphatic rings. The summed E-state index contributed by atoms with van der Waals surface area (Å²) in [5.41, 5.74) is 3.29. The van der Waals surface area contributed by atoms with Crippen molar-refractivity contribution >= 4 is 16.9 Å². The third-order valence-corrected chi connectivity index (χ3v) is 3.15. The van der Waals surface area contributed by atoms with Crippen LogP contribution in [0, 0.1) is 0 Å². The minimum Gasteiger partial charge on any atom is -0.472 e. The predicted octanol–water partition coefficient (Wildman–Crippen LogP) is 2.19. The van der Waals surface area contributed by atoms with Crippen molar-refractivity contribution in [3.8, 4) is 11.4 Å². The highest BCUT2D eigenvalue weighted by atomic mass is 16.3. The molecule has 19 heavy (non-hydrogen) atoms. The maximum atomic E-state index is 11.6. The van der Waals surface area contributed by atoms with E-state index < -0.39 is 0 Å². The number of carbonyl (C=O) groups excluding carboxylic acids is 1. The number of fused-ring (bicyclic) bond motifs is 1. The quantitative estimate of drug-likeness (QED) is 0.763. The van der Waals surface area contributed by atoms with Crippen LogP contribution in [-0.2, 0) is 7.05 Å². The Kier molecular flexibility index (Phi) is 2.59. The summed E-state index contributed by atoms with van der Waals surface area (Å²) in [4.78, 5) is 16.2. The Morgan fingerprint density at radius 1 is 1.37 bits per heavy atom. The van der Waals surface area contributed by atoms with Crippen molar-refractivity contribution in [3.05, 3.63) is 42.4 Å². The summed E-state index contributed by atoms with van der Waals surface area (Å²) in [6.07, 6.45) is 3.27. The summed E-state index contributed by atoms with van der Waals surface area (Å²) in [6.45, 7) is 0. The molecule has 2 aromatic heterocycles. The Morgan fingerprint density at radius 3 is 2.89 bits per heavy atom. The van der Waals surface area contributed by atoms with E-state index in [0.29, 0.717) is 5.56 Å². The summed E-state index contributed by atoms with van der Waals surface area (Å²) >= 11 is 0.